The minimum Gasteiger partial charge on any atom is -0.389 e. The van der Waals surface area contributed by atoms with Crippen LogP contribution in [-0.4, -0.2) is 40.6 Å². The Labute approximate surface area is 111 Å². The van der Waals surface area contributed by atoms with Crippen molar-refractivity contribution < 1.29 is 9.90 Å². The van der Waals surface area contributed by atoms with E-state index in [1.54, 1.807) is 18.7 Å². The first-order valence-corrected chi connectivity index (χ1v) is 6.99. The third-order valence-electron chi connectivity index (χ3n) is 3.60. The molecule has 0 aromatic rings. The van der Waals surface area contributed by atoms with Crippen molar-refractivity contribution in [2.24, 2.45) is 17.6 Å². The molecule has 0 radical (unpaired) electrons. The van der Waals surface area contributed by atoms with Gasteiger partial charge in [-0.15, -0.1) is 0 Å². The predicted octanol–water partition coefficient (Wildman–Crippen LogP) is 1.37. The topological polar surface area (TPSA) is 66.6 Å². The third kappa shape index (κ3) is 4.58. The maximum absolute atomic E-state index is 12.5. The second-order valence-electron chi connectivity index (χ2n) is 6.43. The number of nitrogens with zero attached hydrogens (tertiary/aromatic N) is 1. The van der Waals surface area contributed by atoms with Crippen LogP contribution in [0, 0.1) is 11.8 Å². The SMILES string of the molecule is CCN(CC(C)(C)O)C(=O)C1CC(C)CC(N)C1. The Morgan fingerprint density at radius 2 is 2.00 bits per heavy atom. The van der Waals surface area contributed by atoms with Gasteiger partial charge in [0.05, 0.1) is 5.60 Å². The number of rotatable bonds is 4. The first-order valence-electron chi connectivity index (χ1n) is 6.99. The summed E-state index contributed by atoms with van der Waals surface area (Å²) in [6.07, 6.45) is 2.72. The predicted molar refractivity (Wildman–Crippen MR) is 73.0 cm³/mol. The molecule has 106 valence electrons. The molecule has 0 heterocycles. The minimum absolute atomic E-state index is 0.0334. The van der Waals surface area contributed by atoms with Crippen LogP contribution in [0.4, 0.5) is 0 Å². The second-order valence-corrected chi connectivity index (χ2v) is 6.43. The lowest BCUT2D eigenvalue weighted by Gasteiger charge is -2.35. The molecule has 18 heavy (non-hydrogen) atoms. The highest BCUT2D eigenvalue weighted by Crippen LogP contribution is 2.29. The van der Waals surface area contributed by atoms with Gasteiger partial charge in [-0.3, -0.25) is 4.79 Å². The molecule has 1 aliphatic carbocycles. The molecule has 1 saturated carbocycles. The van der Waals surface area contributed by atoms with E-state index in [0.717, 1.165) is 19.3 Å². The highest BCUT2D eigenvalue weighted by atomic mass is 16.3. The molecule has 4 nitrogen and oxygen atoms in total. The zero-order valence-corrected chi connectivity index (χ0v) is 12.1. The molecule has 0 spiro atoms. The molecule has 0 aliphatic heterocycles. The summed E-state index contributed by atoms with van der Waals surface area (Å²) in [4.78, 5) is 14.2. The molecule has 1 amide bonds. The fraction of sp³-hybridized carbons (Fsp3) is 0.929. The van der Waals surface area contributed by atoms with Crippen molar-refractivity contribution in [3.8, 4) is 0 Å². The molecule has 3 N–H and O–H groups in total. The maximum Gasteiger partial charge on any atom is 0.225 e. The second kappa shape index (κ2) is 6.02. The van der Waals surface area contributed by atoms with Gasteiger partial charge in [0, 0.05) is 25.0 Å². The van der Waals surface area contributed by atoms with Gasteiger partial charge in [0.15, 0.2) is 0 Å². The number of amides is 1. The number of carbonyl (C=O) groups is 1. The Morgan fingerprint density at radius 1 is 1.39 bits per heavy atom. The largest absolute Gasteiger partial charge is 0.389 e. The minimum atomic E-state index is -0.839. The molecule has 1 aliphatic rings. The summed E-state index contributed by atoms with van der Waals surface area (Å²) in [7, 11) is 0. The van der Waals surface area contributed by atoms with Crippen molar-refractivity contribution in [3.05, 3.63) is 0 Å². The Morgan fingerprint density at radius 3 is 2.44 bits per heavy atom. The zero-order valence-electron chi connectivity index (χ0n) is 12.1. The van der Waals surface area contributed by atoms with E-state index in [9.17, 15) is 9.90 Å². The van der Waals surface area contributed by atoms with Crippen molar-refractivity contribution in [1.82, 2.24) is 4.90 Å². The maximum atomic E-state index is 12.5. The van der Waals surface area contributed by atoms with Crippen LogP contribution in [0.3, 0.4) is 0 Å². The summed E-state index contributed by atoms with van der Waals surface area (Å²) in [5.74, 6) is 0.705. The van der Waals surface area contributed by atoms with E-state index in [4.69, 9.17) is 5.73 Å². The van der Waals surface area contributed by atoms with E-state index in [-0.39, 0.29) is 17.9 Å². The molecular weight excluding hydrogens is 228 g/mol. The highest BCUT2D eigenvalue weighted by molar-refractivity contribution is 5.79. The normalized spacial score (nSPS) is 29.1. The first kappa shape index (κ1) is 15.4. The van der Waals surface area contributed by atoms with Crippen LogP contribution in [0.1, 0.15) is 47.0 Å². The summed E-state index contributed by atoms with van der Waals surface area (Å²) < 4.78 is 0. The zero-order chi connectivity index (χ0) is 13.9. The van der Waals surface area contributed by atoms with Crippen LogP contribution in [0.15, 0.2) is 0 Å². The van der Waals surface area contributed by atoms with E-state index >= 15 is 0 Å². The summed E-state index contributed by atoms with van der Waals surface area (Å²) >= 11 is 0. The van der Waals surface area contributed by atoms with Crippen LogP contribution >= 0.6 is 0 Å². The standard InChI is InChI=1S/C14H28N2O2/c1-5-16(9-14(3,4)18)13(17)11-6-10(2)7-12(15)8-11/h10-12,18H,5-9,15H2,1-4H3. The monoisotopic (exact) mass is 256 g/mol. The Kier molecular flexibility index (Phi) is 5.17. The van der Waals surface area contributed by atoms with Gasteiger partial charge in [-0.25, -0.2) is 0 Å². The van der Waals surface area contributed by atoms with Gasteiger partial charge in [-0.05, 0) is 46.0 Å². The van der Waals surface area contributed by atoms with Crippen LogP contribution in [0.2, 0.25) is 0 Å². The van der Waals surface area contributed by atoms with E-state index in [1.807, 2.05) is 6.92 Å². The number of nitrogens with two attached hydrogens (primary N) is 1. The fourth-order valence-electron chi connectivity index (χ4n) is 2.93. The average Bonchev–Trinajstić information content (AvgIpc) is 2.22. The lowest BCUT2D eigenvalue weighted by molar-refractivity contribution is -0.140. The van der Waals surface area contributed by atoms with Crippen molar-refractivity contribution in [2.75, 3.05) is 13.1 Å². The molecule has 3 atom stereocenters. The lowest BCUT2D eigenvalue weighted by atomic mass is 9.79. The van der Waals surface area contributed by atoms with E-state index in [0.29, 0.717) is 19.0 Å². The van der Waals surface area contributed by atoms with Crippen molar-refractivity contribution in [2.45, 2.75) is 58.6 Å². The lowest BCUT2D eigenvalue weighted by Crippen LogP contribution is -2.47. The molecule has 0 aromatic carbocycles. The van der Waals surface area contributed by atoms with E-state index in [2.05, 4.69) is 6.92 Å². The van der Waals surface area contributed by atoms with Crippen LogP contribution in [0.5, 0.6) is 0 Å². The highest BCUT2D eigenvalue weighted by Gasteiger charge is 2.33. The Hall–Kier alpha value is -0.610. The molecule has 0 saturated heterocycles. The summed E-state index contributed by atoms with van der Waals surface area (Å²) in [6, 6.07) is 0.142. The molecule has 3 unspecified atom stereocenters. The van der Waals surface area contributed by atoms with Gasteiger partial charge in [-0.1, -0.05) is 6.92 Å². The Bertz CT molecular complexity index is 272. The summed E-state index contributed by atoms with van der Waals surface area (Å²) in [5.41, 5.74) is 5.16. The molecule has 0 bridgehead atoms. The van der Waals surface area contributed by atoms with E-state index < -0.39 is 5.60 Å². The number of aliphatic hydroxyl groups is 1. The third-order valence-corrected chi connectivity index (χ3v) is 3.60. The van der Waals surface area contributed by atoms with Gasteiger partial charge < -0.3 is 15.7 Å². The first-order chi connectivity index (χ1) is 8.23. The van der Waals surface area contributed by atoms with Crippen molar-refractivity contribution in [3.63, 3.8) is 0 Å². The van der Waals surface area contributed by atoms with Crippen LogP contribution < -0.4 is 5.73 Å². The van der Waals surface area contributed by atoms with Crippen LogP contribution in [-0.2, 0) is 4.79 Å². The van der Waals surface area contributed by atoms with Gasteiger partial charge in [0.2, 0.25) is 5.91 Å². The quantitative estimate of drug-likeness (QED) is 0.798. The number of likely N-dealkylation sites (N-methyl/N-ethyl adjacent to an activating group) is 1. The molecule has 1 fully saturated rings. The molecule has 1 rings (SSSR count). The fourth-order valence-corrected chi connectivity index (χ4v) is 2.93. The number of carbonyl (C=O) groups excluding carboxylic acids is 1. The Balaban J connectivity index is 2.65. The summed E-state index contributed by atoms with van der Waals surface area (Å²) in [5, 5.41) is 9.85. The van der Waals surface area contributed by atoms with Crippen molar-refractivity contribution >= 4 is 5.91 Å². The summed E-state index contributed by atoms with van der Waals surface area (Å²) in [6.45, 7) is 8.61. The average molecular weight is 256 g/mol. The van der Waals surface area contributed by atoms with E-state index in [1.165, 1.54) is 0 Å². The molecule has 0 aromatic heterocycles. The van der Waals surface area contributed by atoms with Crippen molar-refractivity contribution in [1.29, 1.82) is 0 Å². The number of hydrogen-bond acceptors (Lipinski definition) is 3. The van der Waals surface area contributed by atoms with Gasteiger partial charge in [0.1, 0.15) is 0 Å². The number of hydrogen-bond donors (Lipinski definition) is 2. The molecule has 4 heteroatoms. The van der Waals surface area contributed by atoms with Gasteiger partial charge in [-0.2, -0.15) is 0 Å². The van der Waals surface area contributed by atoms with Gasteiger partial charge >= 0.3 is 0 Å². The smallest absolute Gasteiger partial charge is 0.225 e. The van der Waals surface area contributed by atoms with Crippen LogP contribution in [0.25, 0.3) is 0 Å². The molecular formula is C14H28N2O2. The van der Waals surface area contributed by atoms with Gasteiger partial charge in [0.25, 0.3) is 0 Å².